The van der Waals surface area contributed by atoms with E-state index in [1.807, 2.05) is 6.07 Å². The third-order valence-corrected chi connectivity index (χ3v) is 7.05. The van der Waals surface area contributed by atoms with Gasteiger partial charge in [-0.05, 0) is 68.8 Å². The van der Waals surface area contributed by atoms with Crippen molar-refractivity contribution in [2.24, 2.45) is 5.92 Å². The van der Waals surface area contributed by atoms with Gasteiger partial charge >= 0.3 is 0 Å². The first-order valence-electron chi connectivity index (χ1n) is 12.0. The van der Waals surface area contributed by atoms with E-state index in [4.69, 9.17) is 0 Å². The fourth-order valence-corrected chi connectivity index (χ4v) is 5.05. The number of aromatic nitrogens is 1. The summed E-state index contributed by atoms with van der Waals surface area (Å²) in [5.74, 6) is 0.288. The summed E-state index contributed by atoms with van der Waals surface area (Å²) in [4.78, 5) is 30.2. The van der Waals surface area contributed by atoms with Crippen molar-refractivity contribution in [3.05, 3.63) is 69.6 Å². The molecule has 1 saturated heterocycles. The molecule has 0 radical (unpaired) electrons. The number of aromatic amines is 1. The Bertz CT molecular complexity index is 942. The molecule has 0 unspecified atom stereocenters. The highest BCUT2D eigenvalue weighted by Gasteiger charge is 2.30. The van der Waals surface area contributed by atoms with Crippen LogP contribution in [0, 0.1) is 5.92 Å². The molecule has 3 N–H and O–H groups in total. The summed E-state index contributed by atoms with van der Waals surface area (Å²) in [5, 5.41) is 13.3. The van der Waals surface area contributed by atoms with Crippen molar-refractivity contribution in [2.75, 3.05) is 19.6 Å². The molecular weight excluding hydrogens is 402 g/mol. The Morgan fingerprint density at radius 2 is 1.78 bits per heavy atom. The van der Waals surface area contributed by atoms with Crippen molar-refractivity contribution < 1.29 is 9.90 Å². The molecule has 1 amide bonds. The van der Waals surface area contributed by atoms with Crippen LogP contribution in [0.1, 0.15) is 66.6 Å². The molecule has 0 spiro atoms. The number of amides is 1. The van der Waals surface area contributed by atoms with Crippen LogP contribution < -0.4 is 10.9 Å². The molecule has 1 saturated carbocycles. The Morgan fingerprint density at radius 1 is 1.06 bits per heavy atom. The van der Waals surface area contributed by atoms with Gasteiger partial charge < -0.3 is 15.4 Å². The van der Waals surface area contributed by atoms with Crippen LogP contribution in [0.2, 0.25) is 0 Å². The molecule has 1 aromatic heterocycles. The summed E-state index contributed by atoms with van der Waals surface area (Å²) in [5.41, 5.74) is 1.14. The van der Waals surface area contributed by atoms with Gasteiger partial charge in [0, 0.05) is 18.8 Å². The number of aliphatic hydroxyl groups is 1. The number of benzene rings is 1. The minimum Gasteiger partial charge on any atom is -0.388 e. The average Bonchev–Trinajstić information content (AvgIpc) is 2.80. The quantitative estimate of drug-likeness (QED) is 0.621. The molecular formula is C26H35N3O3. The number of likely N-dealkylation sites (tertiary alicyclic amines) is 1. The van der Waals surface area contributed by atoms with Gasteiger partial charge in [0.2, 0.25) is 0 Å². The number of hydrogen-bond acceptors (Lipinski definition) is 4. The first kappa shape index (κ1) is 22.7. The van der Waals surface area contributed by atoms with Crippen LogP contribution in [0.4, 0.5) is 0 Å². The van der Waals surface area contributed by atoms with Gasteiger partial charge in [-0.3, -0.25) is 14.5 Å². The Morgan fingerprint density at radius 3 is 2.47 bits per heavy atom. The van der Waals surface area contributed by atoms with Crippen LogP contribution in [0.25, 0.3) is 0 Å². The standard InChI is InChI=1S/C26H35N3O3/c30-24(27-19-26(32)13-5-2-6-14-26)23-10-9-22(28-25(23)31)18-29-15-11-21(12-16-29)17-20-7-3-1-4-8-20/h1,3-4,7-10,21,32H,2,5-6,11-19H2,(H,27,30)(H,28,31). The predicted octanol–water partition coefficient (Wildman–Crippen LogP) is 3.25. The van der Waals surface area contributed by atoms with Crippen LogP contribution in [0.3, 0.4) is 0 Å². The van der Waals surface area contributed by atoms with Gasteiger partial charge in [-0.1, -0.05) is 49.6 Å². The van der Waals surface area contributed by atoms with Crippen LogP contribution in [0.15, 0.2) is 47.3 Å². The first-order chi connectivity index (χ1) is 15.5. The molecule has 32 heavy (non-hydrogen) atoms. The summed E-state index contributed by atoms with van der Waals surface area (Å²) < 4.78 is 0. The van der Waals surface area contributed by atoms with E-state index in [1.165, 1.54) is 5.56 Å². The third-order valence-electron chi connectivity index (χ3n) is 7.05. The first-order valence-corrected chi connectivity index (χ1v) is 12.0. The molecule has 6 nitrogen and oxygen atoms in total. The fourth-order valence-electron chi connectivity index (χ4n) is 5.05. The van der Waals surface area contributed by atoms with Crippen molar-refractivity contribution in [3.63, 3.8) is 0 Å². The molecule has 172 valence electrons. The van der Waals surface area contributed by atoms with E-state index >= 15 is 0 Å². The summed E-state index contributed by atoms with van der Waals surface area (Å²) in [6.07, 6.45) is 7.92. The van der Waals surface area contributed by atoms with E-state index in [9.17, 15) is 14.7 Å². The zero-order chi connectivity index (χ0) is 22.4. The molecule has 2 fully saturated rings. The lowest BCUT2D eigenvalue weighted by Crippen LogP contribution is -2.45. The molecule has 0 atom stereocenters. The maximum absolute atomic E-state index is 12.5. The molecule has 2 heterocycles. The van der Waals surface area contributed by atoms with Gasteiger partial charge in [-0.25, -0.2) is 0 Å². The maximum Gasteiger partial charge on any atom is 0.261 e. The van der Waals surface area contributed by atoms with Crippen LogP contribution in [-0.2, 0) is 13.0 Å². The van der Waals surface area contributed by atoms with Gasteiger partial charge in [0.25, 0.3) is 11.5 Å². The fraction of sp³-hybridized carbons (Fsp3) is 0.538. The van der Waals surface area contributed by atoms with Gasteiger partial charge in [0.15, 0.2) is 0 Å². The normalized spacial score (nSPS) is 19.5. The van der Waals surface area contributed by atoms with Gasteiger partial charge in [-0.15, -0.1) is 0 Å². The number of hydrogen-bond donors (Lipinski definition) is 3. The lowest BCUT2D eigenvalue weighted by Gasteiger charge is -2.32. The van der Waals surface area contributed by atoms with Crippen LogP contribution in [0.5, 0.6) is 0 Å². The highest BCUT2D eigenvalue weighted by molar-refractivity contribution is 5.93. The topological polar surface area (TPSA) is 85.4 Å². The van der Waals surface area contributed by atoms with Gasteiger partial charge in [-0.2, -0.15) is 0 Å². The molecule has 4 rings (SSSR count). The lowest BCUT2D eigenvalue weighted by molar-refractivity contribution is 0.00524. The highest BCUT2D eigenvalue weighted by atomic mass is 16.3. The minimum atomic E-state index is -0.840. The highest BCUT2D eigenvalue weighted by Crippen LogP contribution is 2.27. The third kappa shape index (κ3) is 6.08. The Hall–Kier alpha value is -2.44. The van der Waals surface area contributed by atoms with Crippen molar-refractivity contribution >= 4 is 5.91 Å². The number of nitrogens with one attached hydrogen (secondary N) is 2. The number of nitrogens with zero attached hydrogens (tertiary/aromatic N) is 1. The monoisotopic (exact) mass is 437 g/mol. The Kier molecular flexibility index (Phi) is 7.43. The summed E-state index contributed by atoms with van der Waals surface area (Å²) in [7, 11) is 0. The number of piperidine rings is 1. The number of carbonyl (C=O) groups excluding carboxylic acids is 1. The molecule has 1 aliphatic carbocycles. The second kappa shape index (κ2) is 10.5. The molecule has 6 heteroatoms. The predicted molar refractivity (Wildman–Crippen MR) is 126 cm³/mol. The molecule has 1 aromatic carbocycles. The van der Waals surface area contributed by atoms with Crippen LogP contribution >= 0.6 is 0 Å². The van der Waals surface area contributed by atoms with Crippen molar-refractivity contribution in [2.45, 2.75) is 63.5 Å². The van der Waals surface area contributed by atoms with Gasteiger partial charge in [0.05, 0.1) is 5.60 Å². The zero-order valence-electron chi connectivity index (χ0n) is 18.8. The van der Waals surface area contributed by atoms with E-state index in [0.717, 1.165) is 57.3 Å². The van der Waals surface area contributed by atoms with E-state index < -0.39 is 11.5 Å². The van der Waals surface area contributed by atoms with Crippen molar-refractivity contribution in [1.82, 2.24) is 15.2 Å². The number of rotatable bonds is 7. The SMILES string of the molecule is O=C(NCC1(O)CCCCC1)c1ccc(CN2CCC(Cc3ccccc3)CC2)[nH]c1=O. The number of carbonyl (C=O) groups is 1. The van der Waals surface area contributed by atoms with Crippen molar-refractivity contribution in [3.8, 4) is 0 Å². The van der Waals surface area contributed by atoms with E-state index in [0.29, 0.717) is 25.3 Å². The smallest absolute Gasteiger partial charge is 0.261 e. The Balaban J connectivity index is 1.26. The second-order valence-electron chi connectivity index (χ2n) is 9.60. The maximum atomic E-state index is 12.5. The Labute approximate surface area is 190 Å². The second-order valence-corrected chi connectivity index (χ2v) is 9.60. The minimum absolute atomic E-state index is 0.106. The molecule has 2 aromatic rings. The molecule has 1 aliphatic heterocycles. The van der Waals surface area contributed by atoms with E-state index in [-0.39, 0.29) is 17.7 Å². The van der Waals surface area contributed by atoms with Crippen molar-refractivity contribution in [1.29, 1.82) is 0 Å². The molecule has 0 bridgehead atoms. The zero-order valence-corrected chi connectivity index (χ0v) is 18.8. The number of H-pyrrole nitrogens is 1. The summed E-state index contributed by atoms with van der Waals surface area (Å²) in [6.45, 7) is 2.92. The molecule has 2 aliphatic rings. The van der Waals surface area contributed by atoms with E-state index in [2.05, 4.69) is 45.5 Å². The lowest BCUT2D eigenvalue weighted by atomic mass is 9.85. The summed E-state index contributed by atoms with van der Waals surface area (Å²) >= 11 is 0. The average molecular weight is 438 g/mol. The number of pyridine rings is 1. The van der Waals surface area contributed by atoms with Crippen LogP contribution in [-0.4, -0.2) is 46.1 Å². The largest absolute Gasteiger partial charge is 0.388 e. The van der Waals surface area contributed by atoms with E-state index in [1.54, 1.807) is 6.07 Å². The van der Waals surface area contributed by atoms with Gasteiger partial charge in [0.1, 0.15) is 5.56 Å². The summed E-state index contributed by atoms with van der Waals surface area (Å²) in [6, 6.07) is 14.1.